The van der Waals surface area contributed by atoms with Crippen LogP contribution in [0, 0.1) is 6.92 Å². The lowest BCUT2D eigenvalue weighted by molar-refractivity contribution is 0.104. The number of benzene rings is 1. The van der Waals surface area contributed by atoms with Crippen LogP contribution in [-0.4, -0.2) is 38.6 Å². The molecule has 0 saturated carbocycles. The molecular formula is C15H18N2O4S2. The Kier molecular flexibility index (Phi) is 5.86. The third-order valence-corrected chi connectivity index (χ3v) is 4.56. The van der Waals surface area contributed by atoms with E-state index in [1.165, 1.54) is 11.3 Å². The van der Waals surface area contributed by atoms with Crippen molar-refractivity contribution < 1.29 is 17.4 Å². The highest BCUT2D eigenvalue weighted by molar-refractivity contribution is 7.85. The van der Waals surface area contributed by atoms with Crippen LogP contribution in [0.1, 0.15) is 27.2 Å². The van der Waals surface area contributed by atoms with Crippen LogP contribution >= 0.6 is 11.3 Å². The number of aromatic nitrogens is 1. The molecule has 6 nitrogen and oxygen atoms in total. The largest absolute Gasteiger partial charge is 0.361 e. The van der Waals surface area contributed by atoms with Gasteiger partial charge in [0.1, 0.15) is 0 Å². The minimum absolute atomic E-state index is 0.0472. The van der Waals surface area contributed by atoms with Crippen LogP contribution in [0.3, 0.4) is 0 Å². The molecule has 23 heavy (non-hydrogen) atoms. The molecule has 8 heteroatoms. The number of rotatable bonds is 8. The number of nitrogens with one attached hydrogen (secondary N) is 1. The van der Waals surface area contributed by atoms with Gasteiger partial charge in [-0.2, -0.15) is 8.42 Å². The van der Waals surface area contributed by atoms with Gasteiger partial charge in [-0.1, -0.05) is 35.6 Å². The number of hydrogen-bond acceptors (Lipinski definition) is 7. The summed E-state index contributed by atoms with van der Waals surface area (Å²) in [5.74, 6) is -0.0472. The van der Waals surface area contributed by atoms with E-state index in [4.69, 9.17) is 0 Å². The molecule has 1 aromatic heterocycles. The normalized spacial score (nSPS) is 11.4. The highest BCUT2D eigenvalue weighted by Gasteiger charge is 2.14. The third kappa shape index (κ3) is 5.42. The van der Waals surface area contributed by atoms with Gasteiger partial charge in [-0.05, 0) is 18.9 Å². The average molecular weight is 354 g/mol. The zero-order valence-electron chi connectivity index (χ0n) is 12.9. The second-order valence-electron chi connectivity index (χ2n) is 4.98. The van der Waals surface area contributed by atoms with Crippen molar-refractivity contribution in [2.24, 2.45) is 0 Å². The molecule has 0 aliphatic carbocycles. The number of carbonyl (C=O) groups excluding carboxylic acids is 1. The summed E-state index contributed by atoms with van der Waals surface area (Å²) in [5, 5.41) is 3.68. The number of hydrogen-bond donors (Lipinski definition) is 1. The van der Waals surface area contributed by atoms with E-state index < -0.39 is 10.1 Å². The molecule has 1 aromatic carbocycles. The first-order valence-corrected chi connectivity index (χ1v) is 9.64. The Balaban J connectivity index is 1.88. The molecule has 0 spiro atoms. The molecule has 0 saturated heterocycles. The Hall–Kier alpha value is -1.77. The molecule has 0 atom stereocenters. The van der Waals surface area contributed by atoms with Crippen molar-refractivity contribution in [1.82, 2.24) is 4.98 Å². The summed E-state index contributed by atoms with van der Waals surface area (Å²) in [4.78, 5) is 17.2. The predicted molar refractivity (Wildman–Crippen MR) is 90.6 cm³/mol. The molecule has 1 N–H and O–H groups in total. The van der Waals surface area contributed by atoms with Gasteiger partial charge in [0.25, 0.3) is 10.1 Å². The molecule has 0 bridgehead atoms. The summed E-state index contributed by atoms with van der Waals surface area (Å²) in [6, 6.07) is 7.43. The van der Waals surface area contributed by atoms with Crippen LogP contribution in [-0.2, 0) is 14.3 Å². The van der Waals surface area contributed by atoms with E-state index >= 15 is 0 Å². The fourth-order valence-electron chi connectivity index (χ4n) is 1.90. The monoisotopic (exact) mass is 354 g/mol. The van der Waals surface area contributed by atoms with E-state index in [0.29, 0.717) is 28.5 Å². The smallest absolute Gasteiger partial charge is 0.264 e. The quantitative estimate of drug-likeness (QED) is 0.445. The number of aryl methyl sites for hydroxylation is 1. The average Bonchev–Trinajstić information content (AvgIpc) is 2.94. The topological polar surface area (TPSA) is 85.4 Å². The predicted octanol–water partition coefficient (Wildman–Crippen LogP) is 2.46. The zero-order chi connectivity index (χ0) is 16.9. The van der Waals surface area contributed by atoms with Crippen LogP contribution in [0.2, 0.25) is 0 Å². The maximum Gasteiger partial charge on any atom is 0.264 e. The van der Waals surface area contributed by atoms with Crippen LogP contribution in [0.4, 0.5) is 5.13 Å². The molecule has 1 heterocycles. The standard InChI is InChI=1S/C15H18N2O4S2/c1-11-6-3-4-7-12(11)14(18)13-10-17-15(22-13)16-8-5-9-21-23(2,19)20/h3-4,6-7,10H,5,8-9H2,1-2H3,(H,16,17). The SMILES string of the molecule is Cc1ccccc1C(=O)c1cnc(NCCCOS(C)(=O)=O)s1. The first kappa shape index (κ1) is 17.6. The van der Waals surface area contributed by atoms with E-state index in [9.17, 15) is 13.2 Å². The molecule has 2 rings (SSSR count). The number of carbonyl (C=O) groups is 1. The molecule has 0 unspecified atom stereocenters. The van der Waals surface area contributed by atoms with E-state index in [1.807, 2.05) is 25.1 Å². The van der Waals surface area contributed by atoms with Gasteiger partial charge < -0.3 is 5.32 Å². The number of nitrogens with zero attached hydrogens (tertiary/aromatic N) is 1. The first-order valence-electron chi connectivity index (χ1n) is 7.01. The van der Waals surface area contributed by atoms with Gasteiger partial charge in [-0.3, -0.25) is 8.98 Å². The maximum absolute atomic E-state index is 12.4. The molecule has 0 fully saturated rings. The van der Waals surface area contributed by atoms with Gasteiger partial charge in [0, 0.05) is 12.1 Å². The van der Waals surface area contributed by atoms with E-state index in [-0.39, 0.29) is 12.4 Å². The van der Waals surface area contributed by atoms with Crippen molar-refractivity contribution in [3.8, 4) is 0 Å². The van der Waals surface area contributed by atoms with Gasteiger partial charge in [-0.25, -0.2) is 4.98 Å². The van der Waals surface area contributed by atoms with Crippen molar-refractivity contribution in [2.75, 3.05) is 24.7 Å². The molecular weight excluding hydrogens is 336 g/mol. The Morgan fingerprint density at radius 2 is 2.09 bits per heavy atom. The fraction of sp³-hybridized carbons (Fsp3) is 0.333. The Morgan fingerprint density at radius 3 is 2.78 bits per heavy atom. The maximum atomic E-state index is 12.4. The van der Waals surface area contributed by atoms with E-state index in [0.717, 1.165) is 11.8 Å². The summed E-state index contributed by atoms with van der Waals surface area (Å²) in [6.07, 6.45) is 3.09. The van der Waals surface area contributed by atoms with Crippen molar-refractivity contribution in [3.05, 3.63) is 46.5 Å². The first-order chi connectivity index (χ1) is 10.9. The van der Waals surface area contributed by atoms with E-state index in [1.54, 1.807) is 12.3 Å². The summed E-state index contributed by atoms with van der Waals surface area (Å²) in [6.45, 7) is 2.53. The zero-order valence-corrected chi connectivity index (χ0v) is 14.5. The van der Waals surface area contributed by atoms with Crippen LogP contribution in [0.15, 0.2) is 30.5 Å². The highest BCUT2D eigenvalue weighted by Crippen LogP contribution is 2.22. The van der Waals surface area contributed by atoms with Gasteiger partial charge in [0.2, 0.25) is 5.78 Å². The van der Waals surface area contributed by atoms with Gasteiger partial charge in [0.15, 0.2) is 5.13 Å². The summed E-state index contributed by atoms with van der Waals surface area (Å²) >= 11 is 1.28. The second-order valence-corrected chi connectivity index (χ2v) is 7.65. The minimum atomic E-state index is -3.40. The number of thiazole rings is 1. The van der Waals surface area contributed by atoms with Crippen molar-refractivity contribution >= 4 is 32.4 Å². The Labute approximate surface area is 139 Å². The lowest BCUT2D eigenvalue weighted by atomic mass is 10.0. The summed E-state index contributed by atoms with van der Waals surface area (Å²) in [5.41, 5.74) is 1.60. The lowest BCUT2D eigenvalue weighted by Gasteiger charge is -2.03. The van der Waals surface area contributed by atoms with E-state index in [2.05, 4.69) is 14.5 Å². The van der Waals surface area contributed by atoms with Crippen LogP contribution in [0.25, 0.3) is 0 Å². The molecule has 0 aliphatic heterocycles. The summed E-state index contributed by atoms with van der Waals surface area (Å²) < 4.78 is 26.3. The van der Waals surface area contributed by atoms with Crippen molar-refractivity contribution in [3.63, 3.8) is 0 Å². The number of ketones is 1. The van der Waals surface area contributed by atoms with Crippen molar-refractivity contribution in [1.29, 1.82) is 0 Å². The summed E-state index contributed by atoms with van der Waals surface area (Å²) in [7, 11) is -3.40. The van der Waals surface area contributed by atoms with Gasteiger partial charge >= 0.3 is 0 Å². The Morgan fingerprint density at radius 1 is 1.35 bits per heavy atom. The fourth-order valence-corrected chi connectivity index (χ4v) is 3.12. The van der Waals surface area contributed by atoms with Crippen LogP contribution in [0.5, 0.6) is 0 Å². The minimum Gasteiger partial charge on any atom is -0.361 e. The lowest BCUT2D eigenvalue weighted by Crippen LogP contribution is -2.09. The molecule has 0 radical (unpaired) electrons. The van der Waals surface area contributed by atoms with Crippen molar-refractivity contribution in [2.45, 2.75) is 13.3 Å². The molecule has 124 valence electrons. The van der Waals surface area contributed by atoms with Gasteiger partial charge in [0.05, 0.1) is 23.9 Å². The van der Waals surface area contributed by atoms with Crippen LogP contribution < -0.4 is 5.32 Å². The molecule has 0 aliphatic rings. The second kappa shape index (κ2) is 7.67. The van der Waals surface area contributed by atoms with Gasteiger partial charge in [-0.15, -0.1) is 0 Å². The highest BCUT2D eigenvalue weighted by atomic mass is 32.2. The number of anilines is 1. The molecule has 0 amide bonds. The third-order valence-electron chi connectivity index (χ3n) is 3.01. The molecule has 2 aromatic rings. The Bertz CT molecular complexity index is 784.